The van der Waals surface area contributed by atoms with E-state index < -0.39 is 0 Å². The number of aromatic nitrogens is 2. The van der Waals surface area contributed by atoms with E-state index in [0.29, 0.717) is 11.6 Å². The molecule has 0 atom stereocenters. The van der Waals surface area contributed by atoms with Crippen molar-refractivity contribution >= 4 is 17.7 Å². The molecular formula is C10H12N4S. The highest BCUT2D eigenvalue weighted by atomic mass is 32.2. The summed E-state index contributed by atoms with van der Waals surface area (Å²) in [7, 11) is 2.00. The zero-order chi connectivity index (χ0) is 10.8. The van der Waals surface area contributed by atoms with Crippen LogP contribution in [0, 0.1) is 11.3 Å². The van der Waals surface area contributed by atoms with Crippen LogP contribution in [0.2, 0.25) is 0 Å². The lowest BCUT2D eigenvalue weighted by Gasteiger charge is -2.16. The molecule has 1 aromatic heterocycles. The van der Waals surface area contributed by atoms with Gasteiger partial charge in [0.15, 0.2) is 0 Å². The maximum Gasteiger partial charge on any atom is 0.226 e. The van der Waals surface area contributed by atoms with Crippen LogP contribution in [0.15, 0.2) is 11.2 Å². The predicted molar refractivity (Wildman–Crippen MR) is 60.0 cm³/mol. The summed E-state index contributed by atoms with van der Waals surface area (Å²) < 4.78 is 0. The van der Waals surface area contributed by atoms with Crippen molar-refractivity contribution in [2.75, 3.05) is 18.2 Å². The second-order valence-corrected chi connectivity index (χ2v) is 4.34. The van der Waals surface area contributed by atoms with Crippen molar-refractivity contribution in [3.05, 3.63) is 11.8 Å². The van der Waals surface area contributed by atoms with Crippen LogP contribution in [0.25, 0.3) is 0 Å². The summed E-state index contributed by atoms with van der Waals surface area (Å²) in [6.07, 6.45) is 5.96. The zero-order valence-corrected chi connectivity index (χ0v) is 9.58. The van der Waals surface area contributed by atoms with Crippen LogP contribution in [0.4, 0.5) is 5.95 Å². The van der Waals surface area contributed by atoms with Gasteiger partial charge in [0, 0.05) is 13.1 Å². The van der Waals surface area contributed by atoms with E-state index in [1.807, 2.05) is 13.3 Å². The molecule has 15 heavy (non-hydrogen) atoms. The highest BCUT2D eigenvalue weighted by Gasteiger charge is 2.28. The molecule has 78 valence electrons. The molecule has 0 amide bonds. The molecule has 0 radical (unpaired) electrons. The summed E-state index contributed by atoms with van der Waals surface area (Å²) in [6.45, 7) is 0. The number of rotatable bonds is 3. The van der Waals surface area contributed by atoms with Gasteiger partial charge in [-0.1, -0.05) is 0 Å². The normalized spacial score (nSPS) is 14.7. The lowest BCUT2D eigenvalue weighted by molar-refractivity contribution is 0.841. The van der Waals surface area contributed by atoms with Crippen molar-refractivity contribution in [1.82, 2.24) is 9.97 Å². The highest BCUT2D eigenvalue weighted by molar-refractivity contribution is 7.98. The third-order valence-electron chi connectivity index (χ3n) is 2.46. The lowest BCUT2D eigenvalue weighted by Crippen LogP contribution is -2.22. The molecule has 0 spiro atoms. The highest BCUT2D eigenvalue weighted by Crippen LogP contribution is 2.29. The van der Waals surface area contributed by atoms with E-state index in [0.717, 1.165) is 11.0 Å². The fraction of sp³-hybridized carbons (Fsp3) is 0.500. The summed E-state index contributed by atoms with van der Waals surface area (Å²) in [5.41, 5.74) is 0.551. The minimum absolute atomic E-state index is 0.551. The molecule has 1 heterocycles. The molecule has 1 aliphatic rings. The second-order valence-electron chi connectivity index (χ2n) is 3.55. The fourth-order valence-corrected chi connectivity index (χ4v) is 1.88. The van der Waals surface area contributed by atoms with E-state index in [1.54, 1.807) is 6.20 Å². The van der Waals surface area contributed by atoms with Gasteiger partial charge in [-0.25, -0.2) is 9.97 Å². The molecule has 1 aliphatic carbocycles. The third kappa shape index (κ3) is 2.05. The minimum Gasteiger partial charge on any atom is -0.341 e. The smallest absolute Gasteiger partial charge is 0.226 e. The molecule has 0 N–H and O–H groups in total. The Bertz CT molecular complexity index is 408. The van der Waals surface area contributed by atoms with Crippen molar-refractivity contribution in [3.63, 3.8) is 0 Å². The third-order valence-corrected chi connectivity index (χ3v) is 3.16. The maximum atomic E-state index is 8.84. The van der Waals surface area contributed by atoms with Gasteiger partial charge in [0.1, 0.15) is 16.7 Å². The minimum atomic E-state index is 0.551. The Morgan fingerprint density at radius 1 is 1.60 bits per heavy atom. The lowest BCUT2D eigenvalue weighted by atomic mass is 10.4. The van der Waals surface area contributed by atoms with Crippen molar-refractivity contribution in [1.29, 1.82) is 5.26 Å². The summed E-state index contributed by atoms with van der Waals surface area (Å²) in [5.74, 6) is 0.723. The topological polar surface area (TPSA) is 52.8 Å². The van der Waals surface area contributed by atoms with Gasteiger partial charge in [-0.2, -0.15) is 5.26 Å². The number of anilines is 1. The quantitative estimate of drug-likeness (QED) is 0.573. The molecule has 4 nitrogen and oxygen atoms in total. The molecule has 0 saturated heterocycles. The van der Waals surface area contributed by atoms with Gasteiger partial charge >= 0.3 is 0 Å². The van der Waals surface area contributed by atoms with E-state index in [2.05, 4.69) is 20.9 Å². The van der Waals surface area contributed by atoms with E-state index in [-0.39, 0.29) is 0 Å². The standard InChI is InChI=1S/C10H12N4S/c1-14(8-3-4-8)10-12-6-7(5-11)9(13-10)15-2/h6,8H,3-4H2,1-2H3. The van der Waals surface area contributed by atoms with E-state index in [1.165, 1.54) is 24.6 Å². The van der Waals surface area contributed by atoms with E-state index in [4.69, 9.17) is 5.26 Å². The number of nitrogens with zero attached hydrogens (tertiary/aromatic N) is 4. The molecule has 0 aliphatic heterocycles. The van der Waals surface area contributed by atoms with Crippen LogP contribution in [-0.4, -0.2) is 29.3 Å². The summed E-state index contributed by atoms with van der Waals surface area (Å²) in [4.78, 5) is 10.7. The molecule has 0 aromatic carbocycles. The number of thioether (sulfide) groups is 1. The van der Waals surface area contributed by atoms with Crippen LogP contribution < -0.4 is 4.90 Å². The first-order valence-electron chi connectivity index (χ1n) is 4.80. The Morgan fingerprint density at radius 3 is 2.87 bits per heavy atom. The van der Waals surface area contributed by atoms with Gasteiger partial charge in [0.2, 0.25) is 5.95 Å². The van der Waals surface area contributed by atoms with Gasteiger partial charge in [-0.3, -0.25) is 0 Å². The molecule has 0 bridgehead atoms. The molecule has 1 saturated carbocycles. The van der Waals surface area contributed by atoms with Crippen molar-refractivity contribution in [3.8, 4) is 6.07 Å². The first-order chi connectivity index (χ1) is 7.26. The Labute approximate surface area is 93.3 Å². The zero-order valence-electron chi connectivity index (χ0n) is 8.77. The van der Waals surface area contributed by atoms with Gasteiger partial charge in [0.25, 0.3) is 0 Å². The van der Waals surface area contributed by atoms with Crippen molar-refractivity contribution in [2.45, 2.75) is 23.9 Å². The van der Waals surface area contributed by atoms with Crippen LogP contribution in [0.1, 0.15) is 18.4 Å². The molecule has 1 fully saturated rings. The maximum absolute atomic E-state index is 8.84. The molecule has 5 heteroatoms. The van der Waals surface area contributed by atoms with Gasteiger partial charge in [-0.05, 0) is 19.1 Å². The van der Waals surface area contributed by atoms with E-state index >= 15 is 0 Å². The van der Waals surface area contributed by atoms with Crippen LogP contribution >= 0.6 is 11.8 Å². The Kier molecular flexibility index (Phi) is 2.78. The second kappa shape index (κ2) is 4.07. The summed E-state index contributed by atoms with van der Waals surface area (Å²) in [6, 6.07) is 2.68. The summed E-state index contributed by atoms with van der Waals surface area (Å²) in [5, 5.41) is 9.60. The fourth-order valence-electron chi connectivity index (χ4n) is 1.38. The van der Waals surface area contributed by atoms with Crippen molar-refractivity contribution < 1.29 is 0 Å². The monoisotopic (exact) mass is 220 g/mol. The van der Waals surface area contributed by atoms with Gasteiger partial charge < -0.3 is 4.90 Å². The van der Waals surface area contributed by atoms with E-state index in [9.17, 15) is 0 Å². The Hall–Kier alpha value is -1.28. The number of nitriles is 1. The number of hydrogen-bond donors (Lipinski definition) is 0. The molecule has 1 aromatic rings. The molecule has 2 rings (SSSR count). The average Bonchev–Trinajstić information content (AvgIpc) is 3.11. The van der Waals surface area contributed by atoms with Gasteiger partial charge in [-0.15, -0.1) is 11.8 Å². The first-order valence-corrected chi connectivity index (χ1v) is 6.02. The van der Waals surface area contributed by atoms with Gasteiger partial charge in [0.05, 0.1) is 6.20 Å². The van der Waals surface area contributed by atoms with Crippen LogP contribution in [-0.2, 0) is 0 Å². The Balaban J connectivity index is 2.30. The predicted octanol–water partition coefficient (Wildman–Crippen LogP) is 1.67. The first kappa shape index (κ1) is 10.2. The SMILES string of the molecule is CSc1nc(N(C)C2CC2)ncc1C#N. The largest absolute Gasteiger partial charge is 0.341 e. The number of hydrogen-bond acceptors (Lipinski definition) is 5. The van der Waals surface area contributed by atoms with Crippen LogP contribution in [0.5, 0.6) is 0 Å². The molecule has 0 unspecified atom stereocenters. The Morgan fingerprint density at radius 2 is 2.33 bits per heavy atom. The van der Waals surface area contributed by atoms with Crippen LogP contribution in [0.3, 0.4) is 0 Å². The average molecular weight is 220 g/mol. The summed E-state index contributed by atoms with van der Waals surface area (Å²) >= 11 is 1.48. The van der Waals surface area contributed by atoms with Crippen molar-refractivity contribution in [2.24, 2.45) is 0 Å². The molecular weight excluding hydrogens is 208 g/mol.